The molecule has 0 fully saturated rings. The van der Waals surface area contributed by atoms with Gasteiger partial charge in [0.25, 0.3) is 0 Å². The van der Waals surface area contributed by atoms with E-state index in [1.807, 2.05) is 31.3 Å². The van der Waals surface area contributed by atoms with Gasteiger partial charge >= 0.3 is 0 Å². The third-order valence-electron chi connectivity index (χ3n) is 3.44. The van der Waals surface area contributed by atoms with Crippen LogP contribution in [0.3, 0.4) is 0 Å². The molecule has 0 spiro atoms. The summed E-state index contributed by atoms with van der Waals surface area (Å²) in [5.41, 5.74) is 2.23. The van der Waals surface area contributed by atoms with Gasteiger partial charge in [0.1, 0.15) is 11.6 Å². The standard InChI is InChI=1S/C16H22ClN3O/c1-4-7-18-9-15-10-19-12(2)20(15)11-13-8-14(17)5-6-16(13)21-3/h5-6,8,10,18H,4,7,9,11H2,1-3H3. The molecule has 0 amide bonds. The van der Waals surface area contributed by atoms with Gasteiger partial charge in [-0.1, -0.05) is 18.5 Å². The molecular weight excluding hydrogens is 286 g/mol. The molecule has 114 valence electrons. The summed E-state index contributed by atoms with van der Waals surface area (Å²) in [4.78, 5) is 4.42. The van der Waals surface area contributed by atoms with E-state index in [2.05, 4.69) is 21.8 Å². The molecule has 0 saturated heterocycles. The fourth-order valence-corrected chi connectivity index (χ4v) is 2.50. The van der Waals surface area contributed by atoms with Crippen molar-refractivity contribution in [3.05, 3.63) is 46.5 Å². The second-order valence-electron chi connectivity index (χ2n) is 5.02. The Kier molecular flexibility index (Phi) is 5.65. The lowest BCUT2D eigenvalue weighted by Gasteiger charge is -2.14. The minimum Gasteiger partial charge on any atom is -0.496 e. The Morgan fingerprint density at radius 1 is 1.38 bits per heavy atom. The number of rotatable bonds is 7. The first-order chi connectivity index (χ1) is 10.2. The number of methoxy groups -OCH3 is 1. The molecular formula is C16H22ClN3O. The first-order valence-corrected chi connectivity index (χ1v) is 7.57. The van der Waals surface area contributed by atoms with Crippen LogP contribution < -0.4 is 10.1 Å². The van der Waals surface area contributed by atoms with E-state index in [0.717, 1.165) is 36.6 Å². The highest BCUT2D eigenvalue weighted by Gasteiger charge is 2.10. The van der Waals surface area contributed by atoms with Gasteiger partial charge in [0.2, 0.25) is 0 Å². The molecule has 1 aromatic carbocycles. The van der Waals surface area contributed by atoms with Crippen molar-refractivity contribution in [1.82, 2.24) is 14.9 Å². The summed E-state index contributed by atoms with van der Waals surface area (Å²) in [7, 11) is 1.68. The van der Waals surface area contributed by atoms with Gasteiger partial charge in [-0.25, -0.2) is 4.98 Å². The highest BCUT2D eigenvalue weighted by atomic mass is 35.5. The second kappa shape index (κ2) is 7.48. The van der Waals surface area contributed by atoms with Crippen LogP contribution >= 0.6 is 11.6 Å². The Morgan fingerprint density at radius 2 is 2.19 bits per heavy atom. The van der Waals surface area contributed by atoms with Gasteiger partial charge in [-0.3, -0.25) is 0 Å². The summed E-state index contributed by atoms with van der Waals surface area (Å²) >= 11 is 6.10. The Labute approximate surface area is 131 Å². The van der Waals surface area contributed by atoms with Gasteiger partial charge in [0, 0.05) is 23.3 Å². The highest BCUT2D eigenvalue weighted by Crippen LogP contribution is 2.24. The molecule has 1 aromatic heterocycles. The lowest BCUT2D eigenvalue weighted by molar-refractivity contribution is 0.408. The number of imidazole rings is 1. The van der Waals surface area contributed by atoms with Crippen LogP contribution in [-0.2, 0) is 13.1 Å². The smallest absolute Gasteiger partial charge is 0.123 e. The van der Waals surface area contributed by atoms with Crippen molar-refractivity contribution in [2.75, 3.05) is 13.7 Å². The van der Waals surface area contributed by atoms with Gasteiger partial charge in [0.15, 0.2) is 0 Å². The van der Waals surface area contributed by atoms with E-state index < -0.39 is 0 Å². The van der Waals surface area contributed by atoms with Crippen LogP contribution in [0.5, 0.6) is 5.75 Å². The van der Waals surface area contributed by atoms with E-state index in [0.29, 0.717) is 11.6 Å². The molecule has 1 heterocycles. The lowest BCUT2D eigenvalue weighted by atomic mass is 10.2. The molecule has 0 aliphatic heterocycles. The van der Waals surface area contributed by atoms with Crippen molar-refractivity contribution in [2.45, 2.75) is 33.4 Å². The monoisotopic (exact) mass is 307 g/mol. The molecule has 4 nitrogen and oxygen atoms in total. The first kappa shape index (κ1) is 15.9. The fourth-order valence-electron chi connectivity index (χ4n) is 2.31. The van der Waals surface area contributed by atoms with E-state index >= 15 is 0 Å². The van der Waals surface area contributed by atoms with Gasteiger partial charge in [-0.2, -0.15) is 0 Å². The Morgan fingerprint density at radius 3 is 2.90 bits per heavy atom. The van der Waals surface area contributed by atoms with Gasteiger partial charge in [-0.15, -0.1) is 0 Å². The Balaban J connectivity index is 2.23. The van der Waals surface area contributed by atoms with Crippen molar-refractivity contribution in [2.24, 2.45) is 0 Å². The molecule has 0 unspecified atom stereocenters. The molecule has 0 aliphatic carbocycles. The maximum Gasteiger partial charge on any atom is 0.123 e. The third-order valence-corrected chi connectivity index (χ3v) is 3.68. The van der Waals surface area contributed by atoms with Gasteiger partial charge in [-0.05, 0) is 38.1 Å². The predicted molar refractivity (Wildman–Crippen MR) is 86.1 cm³/mol. The number of aromatic nitrogens is 2. The zero-order chi connectivity index (χ0) is 15.2. The Hall–Kier alpha value is -1.52. The SMILES string of the molecule is CCCNCc1cnc(C)n1Cc1cc(Cl)ccc1OC. The summed E-state index contributed by atoms with van der Waals surface area (Å²) in [6.07, 6.45) is 3.05. The summed E-state index contributed by atoms with van der Waals surface area (Å²) in [5, 5.41) is 4.13. The number of aryl methyl sites for hydroxylation is 1. The van der Waals surface area contributed by atoms with Gasteiger partial charge in [0.05, 0.1) is 19.3 Å². The van der Waals surface area contributed by atoms with E-state index in [-0.39, 0.29) is 0 Å². The molecule has 0 radical (unpaired) electrons. The molecule has 21 heavy (non-hydrogen) atoms. The molecule has 0 atom stereocenters. The lowest BCUT2D eigenvalue weighted by Crippen LogP contribution is -2.17. The topological polar surface area (TPSA) is 39.1 Å². The van der Waals surface area contributed by atoms with Crippen LogP contribution in [0.1, 0.15) is 30.4 Å². The first-order valence-electron chi connectivity index (χ1n) is 7.19. The largest absolute Gasteiger partial charge is 0.496 e. The summed E-state index contributed by atoms with van der Waals surface area (Å²) < 4.78 is 7.61. The molecule has 0 saturated carbocycles. The van der Waals surface area contributed by atoms with Crippen molar-refractivity contribution in [3.63, 3.8) is 0 Å². The maximum absolute atomic E-state index is 6.10. The van der Waals surface area contributed by atoms with Crippen LogP contribution in [0.25, 0.3) is 0 Å². The van der Waals surface area contributed by atoms with Crippen molar-refractivity contribution < 1.29 is 4.74 Å². The van der Waals surface area contributed by atoms with Crippen LogP contribution in [0.15, 0.2) is 24.4 Å². The summed E-state index contributed by atoms with van der Waals surface area (Å²) in [6.45, 7) is 6.70. The molecule has 2 aromatic rings. The number of hydrogen-bond acceptors (Lipinski definition) is 3. The average Bonchev–Trinajstić information content (AvgIpc) is 2.81. The minimum absolute atomic E-state index is 0.707. The van der Waals surface area contributed by atoms with Crippen molar-refractivity contribution in [3.8, 4) is 5.75 Å². The number of ether oxygens (including phenoxy) is 1. The van der Waals surface area contributed by atoms with Crippen molar-refractivity contribution >= 4 is 11.6 Å². The molecule has 0 aliphatic rings. The second-order valence-corrected chi connectivity index (χ2v) is 5.45. The maximum atomic E-state index is 6.10. The number of benzene rings is 1. The quantitative estimate of drug-likeness (QED) is 0.797. The highest BCUT2D eigenvalue weighted by molar-refractivity contribution is 6.30. The van der Waals surface area contributed by atoms with E-state index in [1.54, 1.807) is 7.11 Å². The molecule has 1 N–H and O–H groups in total. The van der Waals surface area contributed by atoms with E-state index in [9.17, 15) is 0 Å². The molecule has 0 bridgehead atoms. The number of nitrogens with zero attached hydrogens (tertiary/aromatic N) is 2. The third kappa shape index (κ3) is 3.99. The number of nitrogens with one attached hydrogen (secondary N) is 1. The zero-order valence-electron chi connectivity index (χ0n) is 12.8. The van der Waals surface area contributed by atoms with E-state index in [1.165, 1.54) is 5.69 Å². The van der Waals surface area contributed by atoms with Crippen LogP contribution in [0.2, 0.25) is 5.02 Å². The van der Waals surface area contributed by atoms with Crippen LogP contribution in [0, 0.1) is 6.92 Å². The summed E-state index contributed by atoms with van der Waals surface area (Å²) in [5.74, 6) is 1.84. The number of halogens is 1. The fraction of sp³-hybridized carbons (Fsp3) is 0.438. The van der Waals surface area contributed by atoms with Crippen molar-refractivity contribution in [1.29, 1.82) is 0 Å². The zero-order valence-corrected chi connectivity index (χ0v) is 13.6. The van der Waals surface area contributed by atoms with Gasteiger partial charge < -0.3 is 14.6 Å². The predicted octanol–water partition coefficient (Wildman–Crippen LogP) is 3.40. The summed E-state index contributed by atoms with van der Waals surface area (Å²) in [6, 6.07) is 5.69. The average molecular weight is 308 g/mol. The van der Waals surface area contributed by atoms with Crippen LogP contribution in [0.4, 0.5) is 0 Å². The van der Waals surface area contributed by atoms with Crippen LogP contribution in [-0.4, -0.2) is 23.2 Å². The Bertz CT molecular complexity index is 595. The normalized spacial score (nSPS) is 10.9. The number of hydrogen-bond donors (Lipinski definition) is 1. The van der Waals surface area contributed by atoms with E-state index in [4.69, 9.17) is 16.3 Å². The molecule has 5 heteroatoms. The minimum atomic E-state index is 0.707. The molecule has 2 rings (SSSR count).